The van der Waals surface area contributed by atoms with Gasteiger partial charge in [0, 0.05) is 19.0 Å². The molecule has 0 aromatic rings. The zero-order valence-electron chi connectivity index (χ0n) is 9.10. The maximum absolute atomic E-state index is 10.8. The van der Waals surface area contributed by atoms with E-state index >= 15 is 0 Å². The van der Waals surface area contributed by atoms with Crippen LogP contribution in [0.1, 0.15) is 39.5 Å². The molecule has 0 aromatic heterocycles. The van der Waals surface area contributed by atoms with E-state index < -0.39 is 0 Å². The van der Waals surface area contributed by atoms with Gasteiger partial charge in [-0.3, -0.25) is 4.79 Å². The Bertz CT molecular complexity index is 132. The van der Waals surface area contributed by atoms with Crippen molar-refractivity contribution in [2.24, 2.45) is 5.73 Å². The average molecular weight is 240 g/mol. The van der Waals surface area contributed by atoms with Crippen LogP contribution in [-0.2, 0) is 4.79 Å². The molecule has 0 heterocycles. The Morgan fingerprint density at radius 1 is 1.36 bits per heavy atom. The highest BCUT2D eigenvalue weighted by molar-refractivity contribution is 7.59. The van der Waals surface area contributed by atoms with E-state index in [-0.39, 0.29) is 38.9 Å². The number of hydrogen-bond donors (Lipinski definition) is 2. The summed E-state index contributed by atoms with van der Waals surface area (Å²) >= 11 is 0. The van der Waals surface area contributed by atoms with Gasteiger partial charge in [-0.15, -0.1) is 0 Å². The molecule has 0 fully saturated rings. The van der Waals surface area contributed by atoms with Crippen LogP contribution in [0.3, 0.4) is 0 Å². The molecule has 0 radical (unpaired) electrons. The van der Waals surface area contributed by atoms with Gasteiger partial charge in [0.05, 0.1) is 0 Å². The van der Waals surface area contributed by atoms with Gasteiger partial charge in [-0.25, -0.2) is 0 Å². The Hall–Kier alpha value is 0.130. The molecule has 1 amide bonds. The maximum Gasteiger partial charge on any atom is 0.219 e. The summed E-state index contributed by atoms with van der Waals surface area (Å²) in [7, 11) is 0. The molecule has 0 rings (SSSR count). The van der Waals surface area contributed by atoms with Crippen molar-refractivity contribution >= 4 is 32.9 Å². The first-order valence-electron chi connectivity index (χ1n) is 4.69. The number of rotatable bonds is 6. The van der Waals surface area contributed by atoms with Crippen molar-refractivity contribution in [3.63, 3.8) is 0 Å². The lowest BCUT2D eigenvalue weighted by molar-refractivity contribution is -0.120. The number of amides is 1. The standard InChI is InChI=1S/C9H20N2O.2H2S/c1-3-9(12)11-7-5-4-6-8(2)10;;/h8H,3-7,10H2,1-2H3,(H,11,12);2*1H2. The van der Waals surface area contributed by atoms with Crippen LogP contribution >= 0.6 is 27.0 Å². The average Bonchev–Trinajstić information content (AvgIpc) is 2.03. The molecule has 1 unspecified atom stereocenters. The molecule has 0 saturated carbocycles. The van der Waals surface area contributed by atoms with Crippen molar-refractivity contribution in [1.29, 1.82) is 0 Å². The third kappa shape index (κ3) is 14.6. The van der Waals surface area contributed by atoms with Crippen molar-refractivity contribution in [2.75, 3.05) is 6.54 Å². The molecule has 88 valence electrons. The largest absolute Gasteiger partial charge is 0.356 e. The Morgan fingerprint density at radius 3 is 2.36 bits per heavy atom. The summed E-state index contributed by atoms with van der Waals surface area (Å²) in [4.78, 5) is 10.8. The van der Waals surface area contributed by atoms with E-state index in [0.29, 0.717) is 6.42 Å². The van der Waals surface area contributed by atoms with E-state index in [1.165, 1.54) is 0 Å². The van der Waals surface area contributed by atoms with Gasteiger partial charge in [-0.1, -0.05) is 13.3 Å². The van der Waals surface area contributed by atoms with Crippen LogP contribution in [0, 0.1) is 0 Å². The van der Waals surface area contributed by atoms with Crippen molar-refractivity contribution in [3.8, 4) is 0 Å². The highest BCUT2D eigenvalue weighted by atomic mass is 32.1. The molecular weight excluding hydrogens is 216 g/mol. The predicted molar refractivity (Wildman–Crippen MR) is 71.6 cm³/mol. The van der Waals surface area contributed by atoms with Gasteiger partial charge in [0.1, 0.15) is 0 Å². The van der Waals surface area contributed by atoms with Crippen LogP contribution < -0.4 is 11.1 Å². The number of unbranched alkanes of at least 4 members (excludes halogenated alkanes) is 1. The van der Waals surface area contributed by atoms with Gasteiger partial charge in [0.2, 0.25) is 5.91 Å². The van der Waals surface area contributed by atoms with Crippen LogP contribution in [-0.4, -0.2) is 18.5 Å². The van der Waals surface area contributed by atoms with Gasteiger partial charge >= 0.3 is 0 Å². The van der Waals surface area contributed by atoms with E-state index in [0.717, 1.165) is 25.8 Å². The van der Waals surface area contributed by atoms with Crippen molar-refractivity contribution in [2.45, 2.75) is 45.6 Å². The summed E-state index contributed by atoms with van der Waals surface area (Å²) in [6, 6.07) is 0.284. The van der Waals surface area contributed by atoms with Gasteiger partial charge in [0.15, 0.2) is 0 Å². The second-order valence-corrected chi connectivity index (χ2v) is 3.18. The molecule has 0 aliphatic heterocycles. The molecule has 1 atom stereocenters. The molecule has 0 spiro atoms. The first-order chi connectivity index (χ1) is 5.66. The van der Waals surface area contributed by atoms with Crippen LogP contribution in [0.25, 0.3) is 0 Å². The fourth-order valence-corrected chi connectivity index (χ4v) is 0.944. The first-order valence-corrected chi connectivity index (χ1v) is 4.69. The van der Waals surface area contributed by atoms with Crippen LogP contribution in [0.5, 0.6) is 0 Å². The highest BCUT2D eigenvalue weighted by Gasteiger charge is 1.96. The zero-order chi connectivity index (χ0) is 9.40. The minimum Gasteiger partial charge on any atom is -0.356 e. The van der Waals surface area contributed by atoms with Crippen LogP contribution in [0.15, 0.2) is 0 Å². The van der Waals surface area contributed by atoms with E-state index in [9.17, 15) is 4.79 Å². The molecule has 0 bridgehead atoms. The molecule has 0 saturated heterocycles. The summed E-state index contributed by atoms with van der Waals surface area (Å²) in [6.07, 6.45) is 3.75. The summed E-state index contributed by atoms with van der Waals surface area (Å²) in [5, 5.41) is 2.83. The molecular formula is C9H24N2OS2. The highest BCUT2D eigenvalue weighted by Crippen LogP contribution is 1.96. The van der Waals surface area contributed by atoms with E-state index in [1.54, 1.807) is 0 Å². The fraction of sp³-hybridized carbons (Fsp3) is 0.889. The molecule has 0 aliphatic carbocycles. The molecule has 3 N–H and O–H groups in total. The molecule has 14 heavy (non-hydrogen) atoms. The number of carbonyl (C=O) groups excluding carboxylic acids is 1. The van der Waals surface area contributed by atoms with Gasteiger partial charge in [-0.2, -0.15) is 27.0 Å². The third-order valence-electron chi connectivity index (χ3n) is 1.73. The molecule has 3 nitrogen and oxygen atoms in total. The Balaban J connectivity index is -0.000000605. The summed E-state index contributed by atoms with van der Waals surface area (Å²) in [5.41, 5.74) is 5.57. The minimum atomic E-state index is 0. The second-order valence-electron chi connectivity index (χ2n) is 3.18. The SMILES string of the molecule is CCC(=O)NCCCCC(C)N.S.S. The Kier molecular flexibility index (Phi) is 18.4. The fourth-order valence-electron chi connectivity index (χ4n) is 0.944. The number of carbonyl (C=O) groups is 1. The van der Waals surface area contributed by atoms with Gasteiger partial charge < -0.3 is 11.1 Å². The summed E-state index contributed by atoms with van der Waals surface area (Å²) < 4.78 is 0. The molecule has 0 aromatic carbocycles. The van der Waals surface area contributed by atoms with E-state index in [1.807, 2.05) is 13.8 Å². The van der Waals surface area contributed by atoms with E-state index in [2.05, 4.69) is 5.32 Å². The van der Waals surface area contributed by atoms with Gasteiger partial charge in [-0.05, 0) is 19.8 Å². The molecule has 5 heteroatoms. The van der Waals surface area contributed by atoms with Crippen LogP contribution in [0.4, 0.5) is 0 Å². The summed E-state index contributed by atoms with van der Waals surface area (Å²) in [5.74, 6) is 0.135. The zero-order valence-corrected chi connectivity index (χ0v) is 11.1. The smallest absolute Gasteiger partial charge is 0.219 e. The third-order valence-corrected chi connectivity index (χ3v) is 1.73. The topological polar surface area (TPSA) is 55.1 Å². The lowest BCUT2D eigenvalue weighted by atomic mass is 10.1. The number of nitrogens with one attached hydrogen (secondary N) is 1. The quantitative estimate of drug-likeness (QED) is 0.687. The predicted octanol–water partition coefficient (Wildman–Crippen LogP) is 1.26. The lowest BCUT2D eigenvalue weighted by Crippen LogP contribution is -2.23. The second kappa shape index (κ2) is 13.1. The Morgan fingerprint density at radius 2 is 1.93 bits per heavy atom. The normalized spacial score (nSPS) is 10.8. The van der Waals surface area contributed by atoms with Crippen molar-refractivity contribution < 1.29 is 4.79 Å². The lowest BCUT2D eigenvalue weighted by Gasteiger charge is -2.05. The van der Waals surface area contributed by atoms with Crippen molar-refractivity contribution in [3.05, 3.63) is 0 Å². The number of nitrogens with two attached hydrogens (primary N) is 1. The maximum atomic E-state index is 10.8. The molecule has 0 aliphatic rings. The van der Waals surface area contributed by atoms with Crippen LogP contribution in [0.2, 0.25) is 0 Å². The minimum absolute atomic E-state index is 0. The number of hydrogen-bond acceptors (Lipinski definition) is 2. The first kappa shape index (κ1) is 19.7. The van der Waals surface area contributed by atoms with Crippen molar-refractivity contribution in [1.82, 2.24) is 5.32 Å². The summed E-state index contributed by atoms with van der Waals surface area (Å²) in [6.45, 7) is 4.65. The van der Waals surface area contributed by atoms with E-state index in [4.69, 9.17) is 5.73 Å². The monoisotopic (exact) mass is 240 g/mol. The van der Waals surface area contributed by atoms with Gasteiger partial charge in [0.25, 0.3) is 0 Å². The Labute approximate surface area is 101 Å².